The highest BCUT2D eigenvalue weighted by atomic mass is 35.5. The summed E-state index contributed by atoms with van der Waals surface area (Å²) < 4.78 is 14.1. The van der Waals surface area contributed by atoms with E-state index in [1.165, 1.54) is 6.07 Å². The number of nitrogen functional groups attached to an aromatic ring is 2. The number of rotatable bonds is 4. The second-order valence-electron chi connectivity index (χ2n) is 4.86. The second-order valence-corrected chi connectivity index (χ2v) is 5.24. The summed E-state index contributed by atoms with van der Waals surface area (Å²) in [6, 6.07) is 1.42. The molecule has 0 bridgehead atoms. The largest absolute Gasteiger partial charge is 0.397 e. The van der Waals surface area contributed by atoms with Crippen molar-refractivity contribution in [3.8, 4) is 0 Å². The summed E-state index contributed by atoms with van der Waals surface area (Å²) in [4.78, 5) is 1.63. The van der Waals surface area contributed by atoms with Crippen LogP contribution in [-0.4, -0.2) is 23.8 Å². The van der Waals surface area contributed by atoms with Gasteiger partial charge in [-0.25, -0.2) is 4.39 Å². The number of aliphatic hydroxyl groups is 1. The van der Waals surface area contributed by atoms with Gasteiger partial charge in [-0.2, -0.15) is 0 Å². The van der Waals surface area contributed by atoms with Gasteiger partial charge in [0.25, 0.3) is 0 Å². The quantitative estimate of drug-likeness (QED) is 0.737. The summed E-state index contributed by atoms with van der Waals surface area (Å²) in [5, 5.41) is 9.68. The highest BCUT2D eigenvalue weighted by molar-refractivity contribution is 6.33. The topological polar surface area (TPSA) is 75.5 Å². The predicted molar refractivity (Wildman–Crippen MR) is 74.4 cm³/mol. The fraction of sp³-hybridized carbons (Fsp3) is 0.500. The molecule has 0 amide bonds. The van der Waals surface area contributed by atoms with Crippen LogP contribution in [0.1, 0.15) is 20.8 Å². The molecule has 0 aliphatic rings. The highest BCUT2D eigenvalue weighted by Gasteiger charge is 2.23. The minimum atomic E-state index is -0.969. The molecule has 0 saturated carbocycles. The Labute approximate surface area is 111 Å². The summed E-state index contributed by atoms with van der Waals surface area (Å²) in [7, 11) is 0. The first-order valence-electron chi connectivity index (χ1n) is 5.67. The average Bonchev–Trinajstić information content (AvgIpc) is 2.23. The lowest BCUT2D eigenvalue weighted by atomic mass is 10.1. The van der Waals surface area contributed by atoms with Gasteiger partial charge in [0.2, 0.25) is 0 Å². The Kier molecular flexibility index (Phi) is 4.29. The number of anilines is 3. The van der Waals surface area contributed by atoms with Crippen LogP contribution in [-0.2, 0) is 0 Å². The Morgan fingerprint density at radius 2 is 1.94 bits per heavy atom. The molecule has 0 radical (unpaired) electrons. The van der Waals surface area contributed by atoms with Gasteiger partial charge in [-0.1, -0.05) is 11.6 Å². The standard InChI is InChI=1S/C12H19ClFN3O/c1-4-17(6-12(2,3)18)11-8(16)5-7(15)9(13)10(11)14/h5,18H,4,6,15-16H2,1-3H3. The second kappa shape index (κ2) is 5.20. The molecule has 0 aliphatic heterocycles. The van der Waals surface area contributed by atoms with Crippen molar-refractivity contribution in [1.82, 2.24) is 0 Å². The van der Waals surface area contributed by atoms with Crippen LogP contribution >= 0.6 is 11.6 Å². The fourth-order valence-corrected chi connectivity index (χ4v) is 1.94. The van der Waals surface area contributed by atoms with E-state index in [-0.39, 0.29) is 28.6 Å². The van der Waals surface area contributed by atoms with Gasteiger partial charge >= 0.3 is 0 Å². The van der Waals surface area contributed by atoms with Crippen molar-refractivity contribution >= 4 is 28.7 Å². The van der Waals surface area contributed by atoms with Crippen molar-refractivity contribution in [3.05, 3.63) is 16.9 Å². The maximum atomic E-state index is 14.1. The third kappa shape index (κ3) is 3.17. The molecule has 1 rings (SSSR count). The molecule has 0 aliphatic carbocycles. The van der Waals surface area contributed by atoms with Crippen LogP contribution in [0.15, 0.2) is 6.07 Å². The van der Waals surface area contributed by atoms with Crippen LogP contribution in [0.4, 0.5) is 21.5 Å². The van der Waals surface area contributed by atoms with Gasteiger partial charge in [-0.05, 0) is 26.8 Å². The number of nitrogens with two attached hydrogens (primary N) is 2. The predicted octanol–water partition coefficient (Wildman–Crippen LogP) is 2.24. The van der Waals surface area contributed by atoms with Crippen LogP contribution in [0.25, 0.3) is 0 Å². The van der Waals surface area contributed by atoms with E-state index >= 15 is 0 Å². The Morgan fingerprint density at radius 1 is 1.39 bits per heavy atom. The molecule has 6 heteroatoms. The summed E-state index contributed by atoms with van der Waals surface area (Å²) in [6.07, 6.45) is 0. The van der Waals surface area contributed by atoms with Crippen molar-refractivity contribution in [2.45, 2.75) is 26.4 Å². The van der Waals surface area contributed by atoms with Crippen LogP contribution in [0.5, 0.6) is 0 Å². The van der Waals surface area contributed by atoms with Crippen molar-refractivity contribution in [2.75, 3.05) is 29.5 Å². The van der Waals surface area contributed by atoms with E-state index in [2.05, 4.69) is 0 Å². The van der Waals surface area contributed by atoms with Crippen molar-refractivity contribution < 1.29 is 9.50 Å². The van der Waals surface area contributed by atoms with E-state index in [1.54, 1.807) is 18.7 Å². The lowest BCUT2D eigenvalue weighted by Gasteiger charge is -2.31. The zero-order valence-corrected chi connectivity index (χ0v) is 11.6. The first kappa shape index (κ1) is 14.9. The number of hydrogen-bond acceptors (Lipinski definition) is 4. The molecule has 0 fully saturated rings. The lowest BCUT2D eigenvalue weighted by Crippen LogP contribution is -2.39. The fourth-order valence-electron chi connectivity index (χ4n) is 1.79. The van der Waals surface area contributed by atoms with Crippen molar-refractivity contribution in [2.24, 2.45) is 0 Å². The lowest BCUT2D eigenvalue weighted by molar-refractivity contribution is 0.0875. The summed E-state index contributed by atoms with van der Waals surface area (Å²) >= 11 is 5.78. The maximum Gasteiger partial charge on any atom is 0.169 e. The normalized spacial score (nSPS) is 11.7. The summed E-state index contributed by atoms with van der Waals surface area (Å²) in [5.74, 6) is -0.653. The smallest absolute Gasteiger partial charge is 0.169 e. The van der Waals surface area contributed by atoms with Gasteiger partial charge in [-0.3, -0.25) is 0 Å². The van der Waals surface area contributed by atoms with Crippen LogP contribution in [0.3, 0.4) is 0 Å². The third-order valence-corrected chi connectivity index (χ3v) is 2.90. The van der Waals surface area contributed by atoms with Crippen LogP contribution in [0, 0.1) is 5.82 Å². The van der Waals surface area contributed by atoms with Crippen LogP contribution in [0.2, 0.25) is 5.02 Å². The summed E-state index contributed by atoms with van der Waals surface area (Å²) in [6.45, 7) is 5.86. The molecule has 0 aromatic heterocycles. The van der Waals surface area contributed by atoms with E-state index in [9.17, 15) is 9.50 Å². The Morgan fingerprint density at radius 3 is 2.39 bits per heavy atom. The molecule has 4 nitrogen and oxygen atoms in total. The molecule has 0 atom stereocenters. The molecule has 1 aromatic carbocycles. The van der Waals surface area contributed by atoms with Gasteiger partial charge in [-0.15, -0.1) is 0 Å². The van der Waals surface area contributed by atoms with Gasteiger partial charge in [0.05, 0.1) is 22.7 Å². The number of nitrogens with zero attached hydrogens (tertiary/aromatic N) is 1. The molecule has 0 spiro atoms. The number of benzene rings is 1. The number of halogens is 2. The van der Waals surface area contributed by atoms with E-state index in [0.29, 0.717) is 6.54 Å². The third-order valence-electron chi connectivity index (χ3n) is 2.51. The molecule has 0 unspecified atom stereocenters. The molecular weight excluding hydrogens is 257 g/mol. The minimum Gasteiger partial charge on any atom is -0.397 e. The Hall–Kier alpha value is -1.20. The van der Waals surface area contributed by atoms with Crippen LogP contribution < -0.4 is 16.4 Å². The monoisotopic (exact) mass is 275 g/mol. The number of likely N-dealkylation sites (N-methyl/N-ethyl adjacent to an activating group) is 1. The maximum absolute atomic E-state index is 14.1. The molecular formula is C12H19ClFN3O. The van der Waals surface area contributed by atoms with E-state index < -0.39 is 11.4 Å². The van der Waals surface area contributed by atoms with E-state index in [1.807, 2.05) is 6.92 Å². The molecule has 5 N–H and O–H groups in total. The molecule has 0 saturated heterocycles. The average molecular weight is 276 g/mol. The number of hydrogen-bond donors (Lipinski definition) is 3. The van der Waals surface area contributed by atoms with Gasteiger partial charge in [0, 0.05) is 13.1 Å². The SMILES string of the molecule is CCN(CC(C)(C)O)c1c(N)cc(N)c(Cl)c1F. The first-order chi connectivity index (χ1) is 8.17. The Balaban J connectivity index is 3.26. The minimum absolute atomic E-state index is 0.106. The van der Waals surface area contributed by atoms with E-state index in [4.69, 9.17) is 23.1 Å². The zero-order chi connectivity index (χ0) is 14.1. The summed E-state index contributed by atoms with van der Waals surface area (Å²) in [5.41, 5.74) is 10.8. The van der Waals surface area contributed by atoms with Gasteiger partial charge in [0.15, 0.2) is 5.82 Å². The van der Waals surface area contributed by atoms with E-state index in [0.717, 1.165) is 0 Å². The van der Waals surface area contributed by atoms with Crippen molar-refractivity contribution in [1.29, 1.82) is 0 Å². The molecule has 0 heterocycles. The van der Waals surface area contributed by atoms with Gasteiger partial charge in [0.1, 0.15) is 5.02 Å². The first-order valence-corrected chi connectivity index (χ1v) is 6.05. The Bertz CT molecular complexity index is 446. The molecule has 1 aromatic rings. The van der Waals surface area contributed by atoms with Gasteiger partial charge < -0.3 is 21.5 Å². The highest BCUT2D eigenvalue weighted by Crippen LogP contribution is 2.36. The van der Waals surface area contributed by atoms with Crippen molar-refractivity contribution in [3.63, 3.8) is 0 Å². The molecule has 102 valence electrons. The molecule has 18 heavy (non-hydrogen) atoms. The zero-order valence-electron chi connectivity index (χ0n) is 10.8.